The number of rotatable bonds is 6. The minimum absolute atomic E-state index is 0.269. The average Bonchev–Trinajstić information content (AvgIpc) is 2.40. The summed E-state index contributed by atoms with van der Waals surface area (Å²) in [6.07, 6.45) is 0. The standard InChI is InChI=1S/C14H22N2O3/c1-4-19-13-6-5-11(7-10(13)2)8-16(3)14(18)12(15)9-17/h5-7,12,17H,4,8-9,15H2,1-3H3. The normalized spacial score (nSPS) is 12.1. The Morgan fingerprint density at radius 3 is 2.74 bits per heavy atom. The van der Waals surface area contributed by atoms with Gasteiger partial charge >= 0.3 is 0 Å². The predicted octanol–water partition coefficient (Wildman–Crippen LogP) is 0.672. The molecule has 1 amide bonds. The number of likely N-dealkylation sites (N-methyl/N-ethyl adjacent to an activating group) is 1. The van der Waals surface area contributed by atoms with Crippen molar-refractivity contribution in [1.29, 1.82) is 0 Å². The molecule has 0 saturated heterocycles. The number of nitrogens with zero attached hydrogens (tertiary/aromatic N) is 1. The molecule has 0 aliphatic heterocycles. The second-order valence-electron chi connectivity index (χ2n) is 4.52. The Bertz CT molecular complexity index is 435. The van der Waals surface area contributed by atoms with Crippen molar-refractivity contribution >= 4 is 5.91 Å². The van der Waals surface area contributed by atoms with Crippen molar-refractivity contribution in [2.75, 3.05) is 20.3 Å². The van der Waals surface area contributed by atoms with Crippen LogP contribution in [-0.2, 0) is 11.3 Å². The van der Waals surface area contributed by atoms with Crippen LogP contribution in [0.15, 0.2) is 18.2 Å². The van der Waals surface area contributed by atoms with Crippen molar-refractivity contribution in [1.82, 2.24) is 4.90 Å². The van der Waals surface area contributed by atoms with Gasteiger partial charge in [0.1, 0.15) is 11.8 Å². The molecule has 0 aliphatic rings. The summed E-state index contributed by atoms with van der Waals surface area (Å²) in [7, 11) is 1.67. The van der Waals surface area contributed by atoms with Crippen molar-refractivity contribution in [3.8, 4) is 5.75 Å². The first-order valence-electron chi connectivity index (χ1n) is 6.33. The Labute approximate surface area is 114 Å². The van der Waals surface area contributed by atoms with Crippen molar-refractivity contribution in [3.05, 3.63) is 29.3 Å². The quantitative estimate of drug-likeness (QED) is 0.793. The number of aliphatic hydroxyl groups is 1. The molecule has 0 radical (unpaired) electrons. The molecule has 0 aliphatic carbocycles. The third-order valence-corrected chi connectivity index (χ3v) is 2.85. The number of amides is 1. The Balaban J connectivity index is 2.72. The van der Waals surface area contributed by atoms with Crippen LogP contribution in [0.3, 0.4) is 0 Å². The summed E-state index contributed by atoms with van der Waals surface area (Å²) >= 11 is 0. The van der Waals surface area contributed by atoms with Crippen molar-refractivity contribution in [2.24, 2.45) is 5.73 Å². The van der Waals surface area contributed by atoms with Crippen LogP contribution in [0, 0.1) is 6.92 Å². The summed E-state index contributed by atoms with van der Waals surface area (Å²) in [6.45, 7) is 4.65. The van der Waals surface area contributed by atoms with E-state index in [1.807, 2.05) is 32.0 Å². The Kier molecular flexibility index (Phi) is 5.79. The number of hydrogen-bond donors (Lipinski definition) is 2. The first kappa shape index (κ1) is 15.5. The third-order valence-electron chi connectivity index (χ3n) is 2.85. The summed E-state index contributed by atoms with van der Waals surface area (Å²) < 4.78 is 5.47. The zero-order valence-corrected chi connectivity index (χ0v) is 11.7. The molecule has 1 atom stereocenters. The number of carbonyl (C=O) groups is 1. The van der Waals surface area contributed by atoms with Crippen LogP contribution in [0.1, 0.15) is 18.1 Å². The number of ether oxygens (including phenoxy) is 1. The van der Waals surface area contributed by atoms with Gasteiger partial charge < -0.3 is 20.5 Å². The van der Waals surface area contributed by atoms with Gasteiger partial charge in [-0.05, 0) is 31.0 Å². The SMILES string of the molecule is CCOc1ccc(CN(C)C(=O)C(N)CO)cc1C. The highest BCUT2D eigenvalue weighted by Crippen LogP contribution is 2.19. The average molecular weight is 266 g/mol. The molecule has 5 nitrogen and oxygen atoms in total. The molecule has 1 rings (SSSR count). The maximum atomic E-state index is 11.7. The van der Waals surface area contributed by atoms with Crippen molar-refractivity contribution in [2.45, 2.75) is 26.4 Å². The fourth-order valence-electron chi connectivity index (χ4n) is 1.84. The van der Waals surface area contributed by atoms with Crippen LogP contribution >= 0.6 is 0 Å². The predicted molar refractivity (Wildman–Crippen MR) is 73.9 cm³/mol. The molecular formula is C14H22N2O3. The van der Waals surface area contributed by atoms with E-state index in [0.29, 0.717) is 13.2 Å². The molecule has 1 aromatic carbocycles. The van der Waals surface area contributed by atoms with Gasteiger partial charge in [-0.15, -0.1) is 0 Å². The molecule has 0 heterocycles. The summed E-state index contributed by atoms with van der Waals surface area (Å²) in [4.78, 5) is 13.3. The number of hydrogen-bond acceptors (Lipinski definition) is 4. The van der Waals surface area contributed by atoms with Gasteiger partial charge in [0, 0.05) is 13.6 Å². The molecule has 3 N–H and O–H groups in total. The summed E-state index contributed by atoms with van der Waals surface area (Å²) in [5.74, 6) is 0.585. The Morgan fingerprint density at radius 1 is 1.53 bits per heavy atom. The molecule has 1 aromatic rings. The highest BCUT2D eigenvalue weighted by molar-refractivity contribution is 5.81. The molecule has 0 saturated carbocycles. The minimum Gasteiger partial charge on any atom is -0.494 e. The van der Waals surface area contributed by atoms with Gasteiger partial charge in [0.2, 0.25) is 5.91 Å². The maximum absolute atomic E-state index is 11.7. The van der Waals surface area contributed by atoms with Crippen LogP contribution < -0.4 is 10.5 Å². The van der Waals surface area contributed by atoms with Crippen LogP contribution in [0.2, 0.25) is 0 Å². The van der Waals surface area contributed by atoms with E-state index in [1.165, 1.54) is 4.90 Å². The highest BCUT2D eigenvalue weighted by Gasteiger charge is 2.17. The van der Waals surface area contributed by atoms with Gasteiger partial charge in [0.15, 0.2) is 0 Å². The number of carbonyl (C=O) groups excluding carboxylic acids is 1. The van der Waals surface area contributed by atoms with Gasteiger partial charge in [0.25, 0.3) is 0 Å². The number of aliphatic hydroxyl groups excluding tert-OH is 1. The topological polar surface area (TPSA) is 75.8 Å². The number of aryl methyl sites for hydroxylation is 1. The third kappa shape index (κ3) is 4.22. The first-order chi connectivity index (χ1) is 8.99. The molecule has 0 aromatic heterocycles. The van der Waals surface area contributed by atoms with E-state index >= 15 is 0 Å². The molecule has 0 spiro atoms. The van der Waals surface area contributed by atoms with E-state index in [9.17, 15) is 4.79 Å². The van der Waals surface area contributed by atoms with Crippen LogP contribution in [0.5, 0.6) is 5.75 Å². The lowest BCUT2D eigenvalue weighted by Crippen LogP contribution is -2.43. The number of benzene rings is 1. The molecule has 0 bridgehead atoms. The van der Waals surface area contributed by atoms with Gasteiger partial charge in [0.05, 0.1) is 13.2 Å². The highest BCUT2D eigenvalue weighted by atomic mass is 16.5. The molecule has 0 fully saturated rings. The largest absolute Gasteiger partial charge is 0.494 e. The molecule has 1 unspecified atom stereocenters. The smallest absolute Gasteiger partial charge is 0.241 e. The summed E-state index contributed by atoms with van der Waals surface area (Å²) in [6, 6.07) is 4.96. The summed E-state index contributed by atoms with van der Waals surface area (Å²) in [5, 5.41) is 8.87. The molecule has 5 heteroatoms. The van der Waals surface area contributed by atoms with E-state index < -0.39 is 6.04 Å². The summed E-state index contributed by atoms with van der Waals surface area (Å²) in [5.41, 5.74) is 7.54. The molecule has 19 heavy (non-hydrogen) atoms. The Morgan fingerprint density at radius 2 is 2.21 bits per heavy atom. The van der Waals surface area contributed by atoms with Crippen LogP contribution in [0.25, 0.3) is 0 Å². The minimum atomic E-state index is -0.853. The monoisotopic (exact) mass is 266 g/mol. The van der Waals surface area contributed by atoms with Crippen LogP contribution in [-0.4, -0.2) is 42.2 Å². The lowest BCUT2D eigenvalue weighted by Gasteiger charge is -2.20. The molecular weight excluding hydrogens is 244 g/mol. The van der Waals surface area contributed by atoms with Crippen molar-refractivity contribution in [3.63, 3.8) is 0 Å². The van der Waals surface area contributed by atoms with Gasteiger partial charge in [-0.25, -0.2) is 0 Å². The van der Waals surface area contributed by atoms with E-state index in [0.717, 1.165) is 16.9 Å². The van der Waals surface area contributed by atoms with Gasteiger partial charge in [-0.1, -0.05) is 12.1 Å². The zero-order chi connectivity index (χ0) is 14.4. The van der Waals surface area contributed by atoms with Crippen molar-refractivity contribution < 1.29 is 14.6 Å². The number of nitrogens with two attached hydrogens (primary N) is 1. The fraction of sp³-hybridized carbons (Fsp3) is 0.500. The van der Waals surface area contributed by atoms with E-state index in [4.69, 9.17) is 15.6 Å². The second-order valence-corrected chi connectivity index (χ2v) is 4.52. The van der Waals surface area contributed by atoms with E-state index in [-0.39, 0.29) is 12.5 Å². The van der Waals surface area contributed by atoms with Gasteiger partial charge in [-0.2, -0.15) is 0 Å². The lowest BCUT2D eigenvalue weighted by atomic mass is 10.1. The van der Waals surface area contributed by atoms with Crippen LogP contribution in [0.4, 0.5) is 0 Å². The maximum Gasteiger partial charge on any atom is 0.241 e. The first-order valence-corrected chi connectivity index (χ1v) is 6.33. The van der Waals surface area contributed by atoms with E-state index in [2.05, 4.69) is 0 Å². The Hall–Kier alpha value is -1.59. The second kappa shape index (κ2) is 7.11. The van der Waals surface area contributed by atoms with Gasteiger partial charge in [-0.3, -0.25) is 4.79 Å². The van der Waals surface area contributed by atoms with E-state index in [1.54, 1.807) is 7.05 Å². The lowest BCUT2D eigenvalue weighted by molar-refractivity contribution is -0.132. The fourth-order valence-corrected chi connectivity index (χ4v) is 1.84. The molecule has 106 valence electrons. The zero-order valence-electron chi connectivity index (χ0n) is 11.7.